The quantitative estimate of drug-likeness (QED) is 0.728. The van der Waals surface area contributed by atoms with Crippen LogP contribution in [0.2, 0.25) is 0 Å². The Labute approximate surface area is 178 Å². The first-order chi connectivity index (χ1) is 14.4. The van der Waals surface area contributed by atoms with Gasteiger partial charge < -0.3 is 9.47 Å². The van der Waals surface area contributed by atoms with Crippen molar-refractivity contribution in [2.24, 2.45) is 7.05 Å². The van der Waals surface area contributed by atoms with Crippen LogP contribution in [0.5, 0.6) is 0 Å². The molecule has 2 aliphatic heterocycles. The molecule has 0 radical (unpaired) electrons. The monoisotopic (exact) mass is 430 g/mol. The van der Waals surface area contributed by atoms with Crippen molar-refractivity contribution in [2.75, 3.05) is 39.3 Å². The summed E-state index contributed by atoms with van der Waals surface area (Å²) in [6.45, 7) is 5.03. The molecule has 2 aromatic rings. The predicted molar refractivity (Wildman–Crippen MR) is 115 cm³/mol. The van der Waals surface area contributed by atoms with E-state index in [0.717, 1.165) is 24.9 Å². The van der Waals surface area contributed by atoms with Gasteiger partial charge in [0.1, 0.15) is 0 Å². The Morgan fingerprint density at radius 1 is 1.03 bits per heavy atom. The van der Waals surface area contributed by atoms with E-state index in [4.69, 9.17) is 0 Å². The van der Waals surface area contributed by atoms with Crippen LogP contribution in [0.4, 0.5) is 0 Å². The largest absolute Gasteiger partial charge is 0.353 e. The second-order valence-corrected chi connectivity index (χ2v) is 10.2. The maximum Gasteiger partial charge on any atom is 0.243 e. The van der Waals surface area contributed by atoms with Gasteiger partial charge in [-0.3, -0.25) is 9.69 Å². The van der Waals surface area contributed by atoms with E-state index in [1.165, 1.54) is 10.00 Å². The second-order valence-electron chi connectivity index (χ2n) is 8.28. The molecule has 2 fully saturated rings. The van der Waals surface area contributed by atoms with Crippen LogP contribution in [-0.2, 0) is 21.9 Å². The lowest BCUT2D eigenvalue weighted by Crippen LogP contribution is -2.51. The van der Waals surface area contributed by atoms with Gasteiger partial charge in [0.05, 0.1) is 17.5 Å². The predicted octanol–water partition coefficient (Wildman–Crippen LogP) is 2.00. The van der Waals surface area contributed by atoms with Crippen LogP contribution in [0.3, 0.4) is 0 Å². The summed E-state index contributed by atoms with van der Waals surface area (Å²) in [7, 11) is -1.46. The van der Waals surface area contributed by atoms with E-state index in [0.29, 0.717) is 37.6 Å². The second kappa shape index (κ2) is 8.53. The number of aryl methyl sites for hydroxylation is 2. The molecule has 1 aromatic heterocycles. The molecule has 0 N–H and O–H groups in total. The molecular formula is C22H30N4O3S. The molecule has 1 atom stereocenters. The fraction of sp³-hybridized carbons (Fsp3) is 0.500. The number of nitrogens with zero attached hydrogens (tertiary/aromatic N) is 4. The van der Waals surface area contributed by atoms with Crippen molar-refractivity contribution in [3.8, 4) is 0 Å². The summed E-state index contributed by atoms with van der Waals surface area (Å²) in [5.41, 5.74) is 2.21. The first-order valence-corrected chi connectivity index (χ1v) is 12.0. The minimum Gasteiger partial charge on any atom is -0.353 e. The van der Waals surface area contributed by atoms with Crippen molar-refractivity contribution in [3.05, 3.63) is 53.9 Å². The number of carbonyl (C=O) groups is 1. The Kier molecular flexibility index (Phi) is 5.99. The van der Waals surface area contributed by atoms with Gasteiger partial charge in [-0.05, 0) is 44.0 Å². The van der Waals surface area contributed by atoms with Crippen LogP contribution in [0, 0.1) is 6.92 Å². The number of sulfonamides is 1. The molecule has 2 saturated heterocycles. The molecule has 2 aliphatic rings. The number of benzene rings is 1. The summed E-state index contributed by atoms with van der Waals surface area (Å²) >= 11 is 0. The topological polar surface area (TPSA) is 65.9 Å². The minimum absolute atomic E-state index is 0.133. The van der Waals surface area contributed by atoms with E-state index >= 15 is 0 Å². The van der Waals surface area contributed by atoms with Crippen molar-refractivity contribution in [3.63, 3.8) is 0 Å². The van der Waals surface area contributed by atoms with Crippen LogP contribution in [0.1, 0.15) is 30.1 Å². The molecule has 0 aliphatic carbocycles. The number of carbonyl (C=O) groups excluding carboxylic acids is 1. The van der Waals surface area contributed by atoms with Gasteiger partial charge in [0.25, 0.3) is 0 Å². The van der Waals surface area contributed by atoms with Gasteiger partial charge in [-0.2, -0.15) is 4.31 Å². The average molecular weight is 431 g/mol. The number of aromatic nitrogens is 1. The van der Waals surface area contributed by atoms with Crippen molar-refractivity contribution in [1.29, 1.82) is 0 Å². The van der Waals surface area contributed by atoms with Crippen LogP contribution in [0.25, 0.3) is 0 Å². The lowest BCUT2D eigenvalue weighted by molar-refractivity contribution is -0.133. The Hall–Kier alpha value is -2.16. The van der Waals surface area contributed by atoms with E-state index in [9.17, 15) is 13.2 Å². The van der Waals surface area contributed by atoms with Gasteiger partial charge in [0.2, 0.25) is 15.9 Å². The lowest BCUT2D eigenvalue weighted by Gasteiger charge is -2.35. The maximum atomic E-state index is 13.0. The Morgan fingerprint density at radius 2 is 1.73 bits per heavy atom. The maximum absolute atomic E-state index is 13.0. The highest BCUT2D eigenvalue weighted by atomic mass is 32.2. The molecule has 4 rings (SSSR count). The molecule has 162 valence electrons. The zero-order valence-electron chi connectivity index (χ0n) is 17.7. The highest BCUT2D eigenvalue weighted by Crippen LogP contribution is 2.32. The van der Waals surface area contributed by atoms with Crippen molar-refractivity contribution in [2.45, 2.75) is 30.7 Å². The number of hydrogen-bond acceptors (Lipinski definition) is 4. The molecule has 1 amide bonds. The number of likely N-dealkylation sites (tertiary alicyclic amines) is 1. The summed E-state index contributed by atoms with van der Waals surface area (Å²) in [6, 6.07) is 11.2. The van der Waals surface area contributed by atoms with Crippen molar-refractivity contribution >= 4 is 15.9 Å². The zero-order valence-corrected chi connectivity index (χ0v) is 18.5. The number of piperazine rings is 1. The van der Waals surface area contributed by atoms with E-state index in [-0.39, 0.29) is 11.9 Å². The normalized spacial score (nSPS) is 21.3. The van der Waals surface area contributed by atoms with Gasteiger partial charge in [-0.25, -0.2) is 8.42 Å². The third-order valence-corrected chi connectivity index (χ3v) is 8.16. The summed E-state index contributed by atoms with van der Waals surface area (Å²) in [6.07, 6.45) is 4.03. The van der Waals surface area contributed by atoms with Crippen LogP contribution >= 0.6 is 0 Å². The summed E-state index contributed by atoms with van der Waals surface area (Å²) in [5, 5.41) is 0. The molecule has 1 aromatic carbocycles. The van der Waals surface area contributed by atoms with Gasteiger partial charge in [-0.1, -0.05) is 17.7 Å². The molecule has 30 heavy (non-hydrogen) atoms. The minimum atomic E-state index is -3.48. The third kappa shape index (κ3) is 4.17. The lowest BCUT2D eigenvalue weighted by atomic mass is 10.1. The highest BCUT2D eigenvalue weighted by molar-refractivity contribution is 7.89. The van der Waals surface area contributed by atoms with Gasteiger partial charge >= 0.3 is 0 Å². The van der Waals surface area contributed by atoms with Gasteiger partial charge in [0.15, 0.2) is 0 Å². The zero-order chi connectivity index (χ0) is 21.3. The average Bonchev–Trinajstić information content (AvgIpc) is 3.37. The first-order valence-electron chi connectivity index (χ1n) is 10.6. The Bertz CT molecular complexity index is 992. The molecule has 1 unspecified atom stereocenters. The fourth-order valence-electron chi connectivity index (χ4n) is 4.46. The number of amides is 1. The Balaban J connectivity index is 1.35. The standard InChI is InChI=1S/C22H30N4O3S/c1-18-7-9-19(10-8-18)30(28,29)25-15-13-24(14-16-25)17-22(27)26-12-4-6-21(26)20-5-3-11-23(20)2/h3,5,7-11,21H,4,6,12-17H2,1-2H3. The van der Waals surface area contributed by atoms with E-state index < -0.39 is 10.0 Å². The third-order valence-electron chi connectivity index (χ3n) is 6.25. The number of rotatable bonds is 5. The SMILES string of the molecule is Cc1ccc(S(=O)(=O)N2CCN(CC(=O)N3CCCC3c3cccn3C)CC2)cc1. The van der Waals surface area contributed by atoms with Crippen LogP contribution in [0.15, 0.2) is 47.5 Å². The van der Waals surface area contributed by atoms with Crippen LogP contribution in [-0.4, -0.2) is 72.3 Å². The molecule has 3 heterocycles. The van der Waals surface area contributed by atoms with E-state index in [1.807, 2.05) is 43.3 Å². The van der Waals surface area contributed by atoms with E-state index in [1.54, 1.807) is 12.1 Å². The van der Waals surface area contributed by atoms with Gasteiger partial charge in [-0.15, -0.1) is 0 Å². The highest BCUT2D eigenvalue weighted by Gasteiger charge is 2.34. The summed E-state index contributed by atoms with van der Waals surface area (Å²) in [4.78, 5) is 17.4. The molecule has 0 bridgehead atoms. The number of hydrogen-bond donors (Lipinski definition) is 0. The van der Waals surface area contributed by atoms with Crippen LogP contribution < -0.4 is 0 Å². The smallest absolute Gasteiger partial charge is 0.243 e. The fourth-order valence-corrected chi connectivity index (χ4v) is 5.88. The molecule has 8 heteroatoms. The molecule has 0 spiro atoms. The Morgan fingerprint density at radius 3 is 2.37 bits per heavy atom. The molecule has 7 nitrogen and oxygen atoms in total. The summed E-state index contributed by atoms with van der Waals surface area (Å²) < 4.78 is 29.4. The molecular weight excluding hydrogens is 400 g/mol. The summed E-state index contributed by atoms with van der Waals surface area (Å²) in [5.74, 6) is 0.133. The van der Waals surface area contributed by atoms with Crippen molar-refractivity contribution in [1.82, 2.24) is 18.7 Å². The molecule has 0 saturated carbocycles. The van der Waals surface area contributed by atoms with Crippen molar-refractivity contribution < 1.29 is 13.2 Å². The van der Waals surface area contributed by atoms with E-state index in [2.05, 4.69) is 15.5 Å². The first kappa shape index (κ1) is 21.1. The van der Waals surface area contributed by atoms with Gasteiger partial charge in [0, 0.05) is 51.7 Å².